The van der Waals surface area contributed by atoms with Gasteiger partial charge in [-0.2, -0.15) is 0 Å². The molecular weight excluding hydrogens is 398 g/mol. The fourth-order valence-corrected chi connectivity index (χ4v) is 4.91. The Hall–Kier alpha value is -3.39. The van der Waals surface area contributed by atoms with Crippen LogP contribution < -0.4 is 10.0 Å². The Balaban J connectivity index is 1.42. The van der Waals surface area contributed by atoms with Crippen LogP contribution in [-0.4, -0.2) is 28.2 Å². The third kappa shape index (κ3) is 3.61. The molecule has 1 fully saturated rings. The summed E-state index contributed by atoms with van der Waals surface area (Å²) in [5, 5.41) is 4.03. The summed E-state index contributed by atoms with van der Waals surface area (Å²) in [6.45, 7) is 0. The van der Waals surface area contributed by atoms with Gasteiger partial charge in [-0.3, -0.25) is 4.72 Å². The van der Waals surface area contributed by atoms with Gasteiger partial charge in [0, 0.05) is 41.6 Å². The van der Waals surface area contributed by atoms with Crippen molar-refractivity contribution in [1.29, 1.82) is 0 Å². The summed E-state index contributed by atoms with van der Waals surface area (Å²) < 4.78 is 29.1. The average molecular weight is 420 g/mol. The summed E-state index contributed by atoms with van der Waals surface area (Å²) in [7, 11) is -1.29. The molecular formula is C22H21N5O2S. The molecule has 2 aromatic heterocycles. The molecule has 1 aliphatic carbocycles. The Labute approximate surface area is 174 Å². The number of aromatic nitrogens is 3. The lowest BCUT2D eigenvalue weighted by molar-refractivity contribution is 0.600. The van der Waals surface area contributed by atoms with Crippen LogP contribution in [-0.2, 0) is 17.1 Å². The Morgan fingerprint density at radius 3 is 2.67 bits per heavy atom. The van der Waals surface area contributed by atoms with E-state index >= 15 is 0 Å². The maximum absolute atomic E-state index is 12.2. The number of fused-ring (bicyclic) bond motifs is 1. The highest BCUT2D eigenvalue weighted by Gasteiger charge is 2.35. The van der Waals surface area contributed by atoms with Crippen molar-refractivity contribution in [1.82, 2.24) is 14.5 Å². The van der Waals surface area contributed by atoms with E-state index in [1.54, 1.807) is 24.4 Å². The van der Waals surface area contributed by atoms with Gasteiger partial charge in [-0.25, -0.2) is 18.4 Å². The van der Waals surface area contributed by atoms with E-state index in [0.29, 0.717) is 17.3 Å². The van der Waals surface area contributed by atoms with E-state index in [1.807, 2.05) is 31.3 Å². The van der Waals surface area contributed by atoms with Crippen LogP contribution in [0.1, 0.15) is 12.8 Å². The first-order chi connectivity index (χ1) is 14.5. The van der Waals surface area contributed by atoms with Crippen molar-refractivity contribution in [2.24, 2.45) is 7.05 Å². The number of benzene rings is 2. The number of aryl methyl sites for hydroxylation is 1. The molecule has 1 aliphatic rings. The summed E-state index contributed by atoms with van der Waals surface area (Å²) >= 11 is 0. The predicted molar refractivity (Wildman–Crippen MR) is 119 cm³/mol. The average Bonchev–Trinajstić information content (AvgIpc) is 3.54. The van der Waals surface area contributed by atoms with E-state index in [2.05, 4.69) is 42.9 Å². The highest BCUT2D eigenvalue weighted by Crippen LogP contribution is 2.31. The Bertz CT molecular complexity index is 1340. The van der Waals surface area contributed by atoms with Gasteiger partial charge in [-0.05, 0) is 43.2 Å². The smallest absolute Gasteiger partial charge is 0.235 e. The van der Waals surface area contributed by atoms with Crippen molar-refractivity contribution < 1.29 is 8.42 Å². The zero-order valence-electron chi connectivity index (χ0n) is 16.4. The molecule has 7 nitrogen and oxygen atoms in total. The van der Waals surface area contributed by atoms with E-state index in [9.17, 15) is 8.42 Å². The second-order valence-electron chi connectivity index (χ2n) is 7.49. The second-order valence-corrected chi connectivity index (χ2v) is 9.45. The van der Waals surface area contributed by atoms with Crippen LogP contribution in [0, 0.1) is 0 Å². The van der Waals surface area contributed by atoms with E-state index < -0.39 is 10.0 Å². The van der Waals surface area contributed by atoms with Crippen LogP contribution in [0.5, 0.6) is 0 Å². The van der Waals surface area contributed by atoms with Crippen LogP contribution >= 0.6 is 0 Å². The van der Waals surface area contributed by atoms with E-state index in [4.69, 9.17) is 0 Å². The van der Waals surface area contributed by atoms with Crippen molar-refractivity contribution in [3.63, 3.8) is 0 Å². The molecule has 0 spiro atoms. The van der Waals surface area contributed by atoms with Gasteiger partial charge in [-0.15, -0.1) is 0 Å². The third-order valence-electron chi connectivity index (χ3n) is 5.17. The summed E-state index contributed by atoms with van der Waals surface area (Å²) in [5.41, 5.74) is 4.22. The molecule has 4 aromatic rings. The molecule has 8 heteroatoms. The monoisotopic (exact) mass is 419 g/mol. The molecule has 152 valence electrons. The van der Waals surface area contributed by atoms with Crippen LogP contribution in [0.2, 0.25) is 0 Å². The first-order valence-electron chi connectivity index (χ1n) is 9.76. The maximum atomic E-state index is 12.2. The van der Waals surface area contributed by atoms with Gasteiger partial charge in [0.05, 0.1) is 16.6 Å². The molecule has 2 aromatic carbocycles. The van der Waals surface area contributed by atoms with Gasteiger partial charge in [-0.1, -0.05) is 24.3 Å². The lowest BCUT2D eigenvalue weighted by Gasteiger charge is -2.10. The van der Waals surface area contributed by atoms with Crippen LogP contribution in [0.4, 0.5) is 17.3 Å². The molecule has 2 N–H and O–H groups in total. The minimum absolute atomic E-state index is 0.269. The molecule has 30 heavy (non-hydrogen) atoms. The molecule has 2 heterocycles. The van der Waals surface area contributed by atoms with E-state index in [0.717, 1.165) is 35.0 Å². The number of hydrogen-bond acceptors (Lipinski definition) is 5. The van der Waals surface area contributed by atoms with E-state index in [1.165, 1.54) is 0 Å². The lowest BCUT2D eigenvalue weighted by atomic mass is 10.1. The van der Waals surface area contributed by atoms with Crippen molar-refractivity contribution in [3.05, 3.63) is 67.0 Å². The lowest BCUT2D eigenvalue weighted by Crippen LogP contribution is -2.17. The fraction of sp³-hybridized carbons (Fsp3) is 0.182. The van der Waals surface area contributed by atoms with Crippen molar-refractivity contribution in [3.8, 4) is 11.3 Å². The van der Waals surface area contributed by atoms with Crippen molar-refractivity contribution >= 4 is 38.2 Å². The Morgan fingerprint density at radius 1 is 1.03 bits per heavy atom. The summed E-state index contributed by atoms with van der Waals surface area (Å²) in [6.07, 6.45) is 5.22. The Kier molecular flexibility index (Phi) is 4.43. The zero-order chi connectivity index (χ0) is 20.7. The number of anilines is 3. The first-order valence-corrected chi connectivity index (χ1v) is 11.3. The molecule has 1 saturated carbocycles. The zero-order valence-corrected chi connectivity index (χ0v) is 17.2. The molecule has 0 amide bonds. The normalized spacial score (nSPS) is 14.0. The standard InChI is InChI=1S/C22H21N5O2S/c1-27-14-19(18-7-2-3-8-21(18)27)20-11-12-23-22(25-20)24-15-5-4-6-16(13-15)26-30(28,29)17-9-10-17/h2-8,11-14,17,26H,9-10H2,1H3,(H,23,24,25). The second kappa shape index (κ2) is 7.14. The highest BCUT2D eigenvalue weighted by molar-refractivity contribution is 7.93. The summed E-state index contributed by atoms with van der Waals surface area (Å²) in [5.74, 6) is 0.447. The number of hydrogen-bond donors (Lipinski definition) is 2. The predicted octanol–water partition coefficient (Wildman–Crippen LogP) is 4.28. The summed E-state index contributed by atoms with van der Waals surface area (Å²) in [4.78, 5) is 8.99. The van der Waals surface area contributed by atoms with Gasteiger partial charge < -0.3 is 9.88 Å². The minimum Gasteiger partial charge on any atom is -0.350 e. The Morgan fingerprint density at radius 2 is 1.83 bits per heavy atom. The largest absolute Gasteiger partial charge is 0.350 e. The van der Waals surface area contributed by atoms with Gasteiger partial charge in [0.2, 0.25) is 16.0 Å². The van der Waals surface area contributed by atoms with Crippen LogP contribution in [0.3, 0.4) is 0 Å². The molecule has 0 atom stereocenters. The number of sulfonamides is 1. The van der Waals surface area contributed by atoms with Crippen molar-refractivity contribution in [2.75, 3.05) is 10.0 Å². The van der Waals surface area contributed by atoms with Crippen LogP contribution in [0.15, 0.2) is 67.0 Å². The van der Waals surface area contributed by atoms with Crippen molar-refractivity contribution in [2.45, 2.75) is 18.1 Å². The van der Waals surface area contributed by atoms with Gasteiger partial charge in [0.25, 0.3) is 0 Å². The third-order valence-corrected chi connectivity index (χ3v) is 7.04. The van der Waals surface area contributed by atoms with Gasteiger partial charge >= 0.3 is 0 Å². The molecule has 0 radical (unpaired) electrons. The molecule has 0 unspecified atom stereocenters. The topological polar surface area (TPSA) is 88.9 Å². The molecule has 5 rings (SSSR count). The number of nitrogens with zero attached hydrogens (tertiary/aromatic N) is 3. The minimum atomic E-state index is -3.30. The first kappa shape index (κ1) is 18.6. The molecule has 0 aliphatic heterocycles. The van der Waals surface area contributed by atoms with Gasteiger partial charge in [0.15, 0.2) is 0 Å². The molecule has 0 bridgehead atoms. The van der Waals surface area contributed by atoms with E-state index in [-0.39, 0.29) is 5.25 Å². The summed E-state index contributed by atoms with van der Waals surface area (Å²) in [6, 6.07) is 17.2. The fourth-order valence-electron chi connectivity index (χ4n) is 3.53. The molecule has 0 saturated heterocycles. The number of para-hydroxylation sites is 1. The highest BCUT2D eigenvalue weighted by atomic mass is 32.2. The maximum Gasteiger partial charge on any atom is 0.235 e. The number of nitrogens with one attached hydrogen (secondary N) is 2. The SMILES string of the molecule is Cn1cc(-c2ccnc(Nc3cccc(NS(=O)(=O)C4CC4)c3)n2)c2ccccc21. The number of rotatable bonds is 6. The van der Waals surface area contributed by atoms with Gasteiger partial charge in [0.1, 0.15) is 0 Å². The van der Waals surface area contributed by atoms with Crippen LogP contribution in [0.25, 0.3) is 22.2 Å². The quantitative estimate of drug-likeness (QED) is 0.487.